The molecule has 0 amide bonds. The summed E-state index contributed by atoms with van der Waals surface area (Å²) in [5.74, 6) is 0. The van der Waals surface area contributed by atoms with Gasteiger partial charge >= 0.3 is 0 Å². The molecule has 0 saturated heterocycles. The molecule has 2 heterocycles. The lowest BCUT2D eigenvalue weighted by atomic mass is 10.0. The van der Waals surface area contributed by atoms with E-state index in [0.717, 1.165) is 50.8 Å². The number of hydrogen-bond donors (Lipinski definition) is 0. The molecule has 0 radical (unpaired) electrons. The number of rotatable bonds is 9. The van der Waals surface area contributed by atoms with Crippen LogP contribution in [-0.4, -0.2) is 14.5 Å². The van der Waals surface area contributed by atoms with Gasteiger partial charge < -0.3 is 9.47 Å². The number of anilines is 3. The SMILES string of the molecule is c1ccc(-c2ccc(-c3cc(-c4cccc(N(c5ccc(-c6ccccc6)cc5)c5ccc(-c6ccc7c(c6)c6ccccc6n7-c6ccccc6)cc5)c4)ncn3)cc2)cc1. The minimum atomic E-state index is 0.864. The maximum Gasteiger partial charge on any atom is 0.116 e. The summed E-state index contributed by atoms with van der Waals surface area (Å²) < 4.78 is 2.36. The Kier molecular flexibility index (Phi) is 9.49. The molecule has 4 heteroatoms. The van der Waals surface area contributed by atoms with Gasteiger partial charge in [0.1, 0.15) is 6.33 Å². The van der Waals surface area contributed by atoms with E-state index in [-0.39, 0.29) is 0 Å². The van der Waals surface area contributed by atoms with Crippen LogP contribution < -0.4 is 4.90 Å². The lowest BCUT2D eigenvalue weighted by Crippen LogP contribution is -2.10. The number of benzene rings is 9. The van der Waals surface area contributed by atoms with E-state index in [1.54, 1.807) is 6.33 Å². The van der Waals surface area contributed by atoms with Crippen molar-refractivity contribution in [3.63, 3.8) is 0 Å². The maximum atomic E-state index is 4.76. The molecule has 292 valence electrons. The standard InChI is InChI=1S/C58H40N4/c1-4-13-41(14-5-1)43-23-25-46(26-24-43)55-39-56(60-40-59-55)48-17-12-20-52(37-48)61(50-32-27-44(28-33-50)42-15-6-2-7-16-42)51-34-29-45(30-35-51)47-31-36-58-54(38-47)53-21-10-11-22-57(53)62(58)49-18-8-3-9-19-49/h1-40H. The lowest BCUT2D eigenvalue weighted by Gasteiger charge is -2.26. The van der Waals surface area contributed by atoms with Gasteiger partial charge in [0, 0.05) is 44.6 Å². The van der Waals surface area contributed by atoms with Gasteiger partial charge in [-0.25, -0.2) is 9.97 Å². The van der Waals surface area contributed by atoms with Crippen molar-refractivity contribution >= 4 is 38.9 Å². The maximum absolute atomic E-state index is 4.76. The number of para-hydroxylation sites is 2. The van der Waals surface area contributed by atoms with Crippen molar-refractivity contribution in [3.05, 3.63) is 243 Å². The lowest BCUT2D eigenvalue weighted by molar-refractivity contribution is 1.17. The Morgan fingerprint density at radius 1 is 0.290 bits per heavy atom. The van der Waals surface area contributed by atoms with Crippen molar-refractivity contribution in [3.8, 4) is 61.6 Å². The van der Waals surface area contributed by atoms with E-state index in [2.05, 4.69) is 245 Å². The summed E-state index contributed by atoms with van der Waals surface area (Å²) >= 11 is 0. The molecule has 62 heavy (non-hydrogen) atoms. The first-order chi connectivity index (χ1) is 30.7. The molecule has 0 unspecified atom stereocenters. The van der Waals surface area contributed by atoms with Crippen LogP contribution in [0.2, 0.25) is 0 Å². The zero-order valence-electron chi connectivity index (χ0n) is 33.9. The topological polar surface area (TPSA) is 34.0 Å². The Balaban J connectivity index is 0.955. The highest BCUT2D eigenvalue weighted by molar-refractivity contribution is 6.10. The third-order valence-electron chi connectivity index (χ3n) is 11.7. The molecule has 0 spiro atoms. The Morgan fingerprint density at radius 3 is 1.40 bits per heavy atom. The zero-order valence-corrected chi connectivity index (χ0v) is 33.9. The number of aromatic nitrogens is 3. The first kappa shape index (κ1) is 36.7. The van der Waals surface area contributed by atoms with Gasteiger partial charge in [-0.15, -0.1) is 0 Å². The van der Waals surface area contributed by atoms with Crippen LogP contribution in [0, 0.1) is 0 Å². The molecule has 0 N–H and O–H groups in total. The largest absolute Gasteiger partial charge is 0.310 e. The van der Waals surface area contributed by atoms with Gasteiger partial charge in [0.25, 0.3) is 0 Å². The van der Waals surface area contributed by atoms with E-state index in [4.69, 9.17) is 4.98 Å². The summed E-state index contributed by atoms with van der Waals surface area (Å²) in [6.45, 7) is 0. The molecular weight excluding hydrogens is 753 g/mol. The van der Waals surface area contributed by atoms with Crippen molar-refractivity contribution in [2.45, 2.75) is 0 Å². The molecule has 2 aromatic heterocycles. The van der Waals surface area contributed by atoms with Gasteiger partial charge in [-0.1, -0.05) is 164 Å². The van der Waals surface area contributed by atoms with Crippen molar-refractivity contribution in [2.75, 3.05) is 4.90 Å². The molecule has 0 bridgehead atoms. The Labute approximate surface area is 361 Å². The normalized spacial score (nSPS) is 11.2. The van der Waals surface area contributed by atoms with Crippen LogP contribution in [0.15, 0.2) is 243 Å². The minimum absolute atomic E-state index is 0.864. The summed E-state index contributed by atoms with van der Waals surface area (Å²) in [5, 5.41) is 2.48. The Morgan fingerprint density at radius 2 is 0.758 bits per heavy atom. The van der Waals surface area contributed by atoms with Crippen LogP contribution in [0.3, 0.4) is 0 Å². The quantitative estimate of drug-likeness (QED) is 0.146. The summed E-state index contributed by atoms with van der Waals surface area (Å²) in [7, 11) is 0. The molecule has 11 aromatic rings. The first-order valence-electron chi connectivity index (χ1n) is 21.0. The number of fused-ring (bicyclic) bond motifs is 3. The van der Waals surface area contributed by atoms with Gasteiger partial charge in [-0.05, 0) is 106 Å². The van der Waals surface area contributed by atoms with Crippen LogP contribution in [0.4, 0.5) is 17.1 Å². The van der Waals surface area contributed by atoms with Gasteiger partial charge in [-0.2, -0.15) is 0 Å². The smallest absolute Gasteiger partial charge is 0.116 e. The molecule has 0 aliphatic heterocycles. The van der Waals surface area contributed by atoms with Gasteiger partial charge in [0.15, 0.2) is 0 Å². The monoisotopic (exact) mass is 792 g/mol. The Hall–Kier alpha value is -8.34. The highest BCUT2D eigenvalue weighted by Crippen LogP contribution is 2.40. The average Bonchev–Trinajstić information content (AvgIpc) is 3.69. The third-order valence-corrected chi connectivity index (χ3v) is 11.7. The molecular formula is C58H40N4. The second kappa shape index (κ2) is 16.0. The summed E-state index contributed by atoms with van der Waals surface area (Å²) in [6.07, 6.45) is 1.66. The summed E-state index contributed by atoms with van der Waals surface area (Å²) in [6, 6.07) is 84.2. The molecule has 11 rings (SSSR count). The van der Waals surface area contributed by atoms with E-state index < -0.39 is 0 Å². The zero-order chi connectivity index (χ0) is 41.2. The van der Waals surface area contributed by atoms with Gasteiger partial charge in [0.05, 0.1) is 22.4 Å². The van der Waals surface area contributed by atoms with E-state index >= 15 is 0 Å². The van der Waals surface area contributed by atoms with Crippen LogP contribution in [0.1, 0.15) is 0 Å². The predicted molar refractivity (Wildman–Crippen MR) is 258 cm³/mol. The highest BCUT2D eigenvalue weighted by Gasteiger charge is 2.17. The van der Waals surface area contributed by atoms with E-state index in [9.17, 15) is 0 Å². The molecule has 0 aliphatic rings. The average molecular weight is 793 g/mol. The van der Waals surface area contributed by atoms with Crippen molar-refractivity contribution < 1.29 is 0 Å². The second-order valence-electron chi connectivity index (χ2n) is 15.5. The van der Waals surface area contributed by atoms with Crippen LogP contribution in [0.25, 0.3) is 83.4 Å². The summed E-state index contributed by atoms with van der Waals surface area (Å²) in [5.41, 5.74) is 17.6. The Bertz CT molecular complexity index is 3300. The van der Waals surface area contributed by atoms with Crippen molar-refractivity contribution in [1.29, 1.82) is 0 Å². The van der Waals surface area contributed by atoms with Crippen LogP contribution in [-0.2, 0) is 0 Å². The molecule has 0 saturated carbocycles. The first-order valence-corrected chi connectivity index (χ1v) is 21.0. The number of nitrogens with zero attached hydrogens (tertiary/aromatic N) is 4. The van der Waals surface area contributed by atoms with Crippen LogP contribution >= 0.6 is 0 Å². The molecule has 0 fully saturated rings. The highest BCUT2D eigenvalue weighted by atomic mass is 15.1. The fourth-order valence-electron chi connectivity index (χ4n) is 8.63. The molecule has 4 nitrogen and oxygen atoms in total. The molecule has 0 aliphatic carbocycles. The van der Waals surface area contributed by atoms with Crippen LogP contribution in [0.5, 0.6) is 0 Å². The third kappa shape index (κ3) is 7.00. The minimum Gasteiger partial charge on any atom is -0.310 e. The van der Waals surface area contributed by atoms with Gasteiger partial charge in [0.2, 0.25) is 0 Å². The number of hydrogen-bond acceptors (Lipinski definition) is 3. The van der Waals surface area contributed by atoms with E-state index in [1.807, 2.05) is 6.07 Å². The fraction of sp³-hybridized carbons (Fsp3) is 0. The van der Waals surface area contributed by atoms with Crippen molar-refractivity contribution in [2.24, 2.45) is 0 Å². The van der Waals surface area contributed by atoms with E-state index in [0.29, 0.717) is 0 Å². The van der Waals surface area contributed by atoms with E-state index in [1.165, 1.54) is 49.6 Å². The van der Waals surface area contributed by atoms with Crippen molar-refractivity contribution in [1.82, 2.24) is 14.5 Å². The molecule has 0 atom stereocenters. The van der Waals surface area contributed by atoms with Gasteiger partial charge in [-0.3, -0.25) is 0 Å². The summed E-state index contributed by atoms with van der Waals surface area (Å²) in [4.78, 5) is 11.8. The fourth-order valence-corrected chi connectivity index (χ4v) is 8.63. The molecule has 9 aromatic carbocycles. The predicted octanol–water partition coefficient (Wildman–Crippen LogP) is 15.4. The second-order valence-corrected chi connectivity index (χ2v) is 15.5.